The average molecular weight is 545 g/mol. The highest BCUT2D eigenvalue weighted by Gasteiger charge is 2.45. The first-order chi connectivity index (χ1) is 16.2. The zero-order chi connectivity index (χ0) is 27.0. The molecule has 0 amide bonds. The second kappa shape index (κ2) is 18.0. The van der Waals surface area contributed by atoms with Crippen molar-refractivity contribution in [3.05, 3.63) is 0 Å². The number of rotatable bonds is 9. The normalized spacial score (nSPS) is 36.2. The van der Waals surface area contributed by atoms with Gasteiger partial charge in [0.25, 0.3) is 0 Å². The van der Waals surface area contributed by atoms with Crippen LogP contribution in [0.15, 0.2) is 0 Å². The summed E-state index contributed by atoms with van der Waals surface area (Å²) < 4.78 is 27.1. The van der Waals surface area contributed by atoms with Crippen molar-refractivity contribution >= 4 is 0 Å². The molecule has 2 aliphatic heterocycles. The molecule has 0 aromatic rings. The van der Waals surface area contributed by atoms with Gasteiger partial charge in [-0.2, -0.15) is 0 Å². The molecule has 0 saturated carbocycles. The van der Waals surface area contributed by atoms with E-state index in [4.69, 9.17) is 23.7 Å². The van der Waals surface area contributed by atoms with E-state index in [1.165, 1.54) is 0 Å². The quantitative estimate of drug-likeness (QED) is 0.243. The Balaban J connectivity index is 0. The standard InChI is InChI=1S/C12H24O6.C12H24O5.2CH4/c1-6(2)16-5-8-9(13)10(14)11(15)12(18-8)17-7(3)4;1-6(2)12-11(15)10(14)9(13)8(17-12)5-16-7(3)4;;/h6-15H,5H2,1-4H3;6-15H,5H2,1-4H3;2*1H4/t2*8-,9-,10+,11-,12?;;/m00../s1. The Morgan fingerprint density at radius 3 is 1.32 bits per heavy atom. The van der Waals surface area contributed by atoms with Crippen LogP contribution in [0.1, 0.15) is 70.2 Å². The summed E-state index contributed by atoms with van der Waals surface area (Å²) in [6.07, 6.45) is -9.97. The molecule has 2 heterocycles. The number of aliphatic hydroxyl groups excluding tert-OH is 6. The summed E-state index contributed by atoms with van der Waals surface area (Å²) in [5, 5.41) is 58.7. The monoisotopic (exact) mass is 544 g/mol. The predicted molar refractivity (Wildman–Crippen MR) is 140 cm³/mol. The molecule has 0 radical (unpaired) electrons. The van der Waals surface area contributed by atoms with E-state index in [0.29, 0.717) is 0 Å². The SMILES string of the molecule is C.C.CC(C)OC[C@@H]1OC(C(C)C)[C@@H](O)[C@H](O)[C@H]1O.CC(C)OC[C@@H]1OC(OC(C)C)[C@@H](O)[C@H](O)[C@H]1O. The van der Waals surface area contributed by atoms with Gasteiger partial charge in [-0.15, -0.1) is 0 Å². The molecule has 2 unspecified atom stereocenters. The molecule has 0 aromatic heterocycles. The summed E-state index contributed by atoms with van der Waals surface area (Å²) in [7, 11) is 0. The van der Waals surface area contributed by atoms with Crippen molar-refractivity contribution in [3.8, 4) is 0 Å². The van der Waals surface area contributed by atoms with E-state index in [-0.39, 0.29) is 52.3 Å². The Hall–Kier alpha value is -0.440. The lowest BCUT2D eigenvalue weighted by Gasteiger charge is -2.42. The Morgan fingerprint density at radius 1 is 0.541 bits per heavy atom. The van der Waals surface area contributed by atoms with Crippen LogP contribution < -0.4 is 0 Å². The Labute approximate surface area is 223 Å². The summed E-state index contributed by atoms with van der Waals surface area (Å²) in [6, 6.07) is 0. The molecule has 37 heavy (non-hydrogen) atoms. The van der Waals surface area contributed by atoms with E-state index in [1.807, 2.05) is 41.5 Å². The van der Waals surface area contributed by atoms with E-state index >= 15 is 0 Å². The minimum Gasteiger partial charge on any atom is -0.388 e. The Morgan fingerprint density at radius 2 is 0.946 bits per heavy atom. The van der Waals surface area contributed by atoms with Gasteiger partial charge in [0.05, 0.1) is 37.6 Å². The Kier molecular flexibility index (Phi) is 18.8. The second-order valence-electron chi connectivity index (χ2n) is 10.3. The van der Waals surface area contributed by atoms with Gasteiger partial charge in [-0.3, -0.25) is 0 Å². The molecular formula is C26H56O11. The summed E-state index contributed by atoms with van der Waals surface area (Å²) in [4.78, 5) is 0. The third kappa shape index (κ3) is 12.1. The molecule has 2 aliphatic rings. The highest BCUT2D eigenvalue weighted by Crippen LogP contribution is 2.26. The van der Waals surface area contributed by atoms with Crippen LogP contribution in [-0.2, 0) is 23.7 Å². The molecule has 2 fully saturated rings. The second-order valence-corrected chi connectivity index (χ2v) is 10.3. The van der Waals surface area contributed by atoms with Gasteiger partial charge < -0.3 is 54.3 Å². The molecule has 0 spiro atoms. The summed E-state index contributed by atoms with van der Waals surface area (Å²) >= 11 is 0. The number of aliphatic hydroxyl groups is 6. The molecule has 2 saturated heterocycles. The first kappa shape index (κ1) is 38.7. The van der Waals surface area contributed by atoms with Crippen LogP contribution in [0.4, 0.5) is 0 Å². The lowest BCUT2D eigenvalue weighted by molar-refractivity contribution is -0.311. The minimum atomic E-state index is -1.30. The molecule has 11 nitrogen and oxygen atoms in total. The van der Waals surface area contributed by atoms with Gasteiger partial charge >= 0.3 is 0 Å². The molecule has 2 rings (SSSR count). The summed E-state index contributed by atoms with van der Waals surface area (Å²) in [5.74, 6) is 0.0636. The Bertz CT molecular complexity index is 573. The van der Waals surface area contributed by atoms with Crippen molar-refractivity contribution in [2.75, 3.05) is 13.2 Å². The topological polar surface area (TPSA) is 168 Å². The van der Waals surface area contributed by atoms with Gasteiger partial charge in [0.1, 0.15) is 48.8 Å². The molecule has 10 atom stereocenters. The van der Waals surface area contributed by atoms with E-state index in [2.05, 4.69) is 0 Å². The van der Waals surface area contributed by atoms with Crippen molar-refractivity contribution < 1.29 is 54.3 Å². The molecule has 0 aliphatic carbocycles. The fourth-order valence-electron chi connectivity index (χ4n) is 3.68. The molecular weight excluding hydrogens is 488 g/mol. The van der Waals surface area contributed by atoms with E-state index in [0.717, 1.165) is 0 Å². The highest BCUT2D eigenvalue weighted by molar-refractivity contribution is 4.93. The average Bonchev–Trinajstić information content (AvgIpc) is 2.76. The van der Waals surface area contributed by atoms with Crippen LogP contribution in [-0.4, -0.2) is 123 Å². The van der Waals surface area contributed by atoms with Gasteiger partial charge in [-0.1, -0.05) is 28.7 Å². The first-order valence-corrected chi connectivity index (χ1v) is 12.4. The summed E-state index contributed by atoms with van der Waals surface area (Å²) in [6.45, 7) is 15.3. The zero-order valence-corrected chi connectivity index (χ0v) is 22.2. The molecule has 0 aromatic carbocycles. The van der Waals surface area contributed by atoms with Gasteiger partial charge in [0.2, 0.25) is 0 Å². The summed E-state index contributed by atoms with van der Waals surface area (Å²) in [5.41, 5.74) is 0. The van der Waals surface area contributed by atoms with Gasteiger partial charge in [-0.05, 0) is 47.5 Å². The van der Waals surface area contributed by atoms with Gasteiger partial charge in [0.15, 0.2) is 6.29 Å². The first-order valence-electron chi connectivity index (χ1n) is 12.4. The van der Waals surface area contributed by atoms with Crippen LogP contribution in [0.5, 0.6) is 0 Å². The van der Waals surface area contributed by atoms with E-state index in [9.17, 15) is 30.6 Å². The molecule has 11 heteroatoms. The third-order valence-electron chi connectivity index (χ3n) is 5.67. The van der Waals surface area contributed by atoms with Crippen LogP contribution >= 0.6 is 0 Å². The predicted octanol–water partition coefficient (Wildman–Crippen LogP) is 0.834. The van der Waals surface area contributed by atoms with Crippen LogP contribution in [0.3, 0.4) is 0 Å². The third-order valence-corrected chi connectivity index (χ3v) is 5.67. The lowest BCUT2D eigenvalue weighted by Crippen LogP contribution is -2.60. The minimum absolute atomic E-state index is 0. The fraction of sp³-hybridized carbons (Fsp3) is 1.00. The highest BCUT2D eigenvalue weighted by atomic mass is 16.7. The fourth-order valence-corrected chi connectivity index (χ4v) is 3.68. The van der Waals surface area contributed by atoms with Crippen molar-refractivity contribution in [1.29, 1.82) is 0 Å². The van der Waals surface area contributed by atoms with E-state index < -0.39 is 61.2 Å². The molecule has 0 bridgehead atoms. The largest absolute Gasteiger partial charge is 0.388 e. The lowest BCUT2D eigenvalue weighted by atomic mass is 9.89. The van der Waals surface area contributed by atoms with Crippen LogP contribution in [0.25, 0.3) is 0 Å². The van der Waals surface area contributed by atoms with Crippen molar-refractivity contribution in [2.24, 2.45) is 5.92 Å². The number of hydrogen-bond donors (Lipinski definition) is 6. The maximum Gasteiger partial charge on any atom is 0.186 e. The van der Waals surface area contributed by atoms with Crippen molar-refractivity contribution in [1.82, 2.24) is 0 Å². The van der Waals surface area contributed by atoms with E-state index in [1.54, 1.807) is 13.8 Å². The van der Waals surface area contributed by atoms with Gasteiger partial charge in [-0.25, -0.2) is 0 Å². The zero-order valence-electron chi connectivity index (χ0n) is 22.2. The van der Waals surface area contributed by atoms with Crippen molar-refractivity contribution in [2.45, 2.75) is 150 Å². The molecule has 6 N–H and O–H groups in total. The van der Waals surface area contributed by atoms with Crippen LogP contribution in [0, 0.1) is 5.92 Å². The van der Waals surface area contributed by atoms with Gasteiger partial charge in [0, 0.05) is 0 Å². The maximum atomic E-state index is 9.81. The number of hydrogen-bond acceptors (Lipinski definition) is 11. The molecule has 226 valence electrons. The van der Waals surface area contributed by atoms with Crippen molar-refractivity contribution in [3.63, 3.8) is 0 Å². The smallest absolute Gasteiger partial charge is 0.186 e. The van der Waals surface area contributed by atoms with Crippen LogP contribution in [0.2, 0.25) is 0 Å². The maximum absolute atomic E-state index is 9.81. The number of ether oxygens (including phenoxy) is 5.